The second-order valence-electron chi connectivity index (χ2n) is 9.26. The van der Waals surface area contributed by atoms with E-state index in [1.807, 2.05) is 7.05 Å². The first kappa shape index (κ1) is 20.8. The molecule has 6 heteroatoms. The molecule has 5 N–H and O–H groups in total. The number of rotatable bonds is 6. The lowest BCUT2D eigenvalue weighted by Crippen LogP contribution is -2.44. The van der Waals surface area contributed by atoms with Crippen LogP contribution in [0.15, 0.2) is 34.8 Å². The van der Waals surface area contributed by atoms with E-state index in [1.54, 1.807) is 0 Å². The molecule has 0 aromatic carbocycles. The zero-order valence-corrected chi connectivity index (χ0v) is 17.9. The molecule has 156 valence electrons. The van der Waals surface area contributed by atoms with E-state index in [-0.39, 0.29) is 6.03 Å². The largest absolute Gasteiger partial charge is 0.374 e. The molecular formula is C22H37N5O. The van der Waals surface area contributed by atoms with Crippen LogP contribution >= 0.6 is 0 Å². The summed E-state index contributed by atoms with van der Waals surface area (Å²) < 4.78 is 0. The van der Waals surface area contributed by atoms with Gasteiger partial charge in [-0.3, -0.25) is 0 Å². The highest BCUT2D eigenvalue weighted by Crippen LogP contribution is 2.35. The Kier molecular flexibility index (Phi) is 6.70. The van der Waals surface area contributed by atoms with E-state index in [2.05, 4.69) is 59.7 Å². The molecule has 2 aliphatic carbocycles. The maximum atomic E-state index is 12.5. The molecule has 3 rings (SSSR count). The summed E-state index contributed by atoms with van der Waals surface area (Å²) in [7, 11) is 1.91. The molecule has 28 heavy (non-hydrogen) atoms. The van der Waals surface area contributed by atoms with Crippen LogP contribution in [0.3, 0.4) is 0 Å². The molecule has 1 fully saturated rings. The fraction of sp³-hybridized carbons (Fsp3) is 0.682. The molecule has 0 aromatic rings. The molecule has 3 aliphatic rings. The highest BCUT2D eigenvalue weighted by atomic mass is 16.2. The molecule has 1 heterocycles. The number of carbonyl (C=O) groups excluding carboxylic acids is 1. The van der Waals surface area contributed by atoms with Gasteiger partial charge in [0.2, 0.25) is 0 Å². The van der Waals surface area contributed by atoms with Crippen LogP contribution in [0.25, 0.3) is 0 Å². The second-order valence-corrected chi connectivity index (χ2v) is 9.26. The van der Waals surface area contributed by atoms with Gasteiger partial charge >= 0.3 is 6.03 Å². The first-order valence-corrected chi connectivity index (χ1v) is 10.7. The predicted molar refractivity (Wildman–Crippen MR) is 114 cm³/mol. The fourth-order valence-electron chi connectivity index (χ4n) is 4.25. The predicted octanol–water partition coefficient (Wildman–Crippen LogP) is 3.57. The van der Waals surface area contributed by atoms with Crippen molar-refractivity contribution in [1.29, 1.82) is 0 Å². The summed E-state index contributed by atoms with van der Waals surface area (Å²) in [6, 6.07) is 0.592. The van der Waals surface area contributed by atoms with E-state index in [4.69, 9.17) is 0 Å². The molecule has 6 nitrogen and oxygen atoms in total. The van der Waals surface area contributed by atoms with Gasteiger partial charge in [-0.15, -0.1) is 0 Å². The zero-order chi connectivity index (χ0) is 20.1. The summed E-state index contributed by atoms with van der Waals surface area (Å²) >= 11 is 0. The molecule has 0 radical (unpaired) electrons. The lowest BCUT2D eigenvalue weighted by atomic mass is 9.76. The lowest BCUT2D eigenvalue weighted by Gasteiger charge is -2.34. The number of urea groups is 1. The van der Waals surface area contributed by atoms with Gasteiger partial charge in [0.05, 0.1) is 0 Å². The van der Waals surface area contributed by atoms with E-state index in [9.17, 15) is 4.79 Å². The van der Waals surface area contributed by atoms with Crippen molar-refractivity contribution >= 4 is 6.03 Å². The minimum Gasteiger partial charge on any atom is -0.374 e. The van der Waals surface area contributed by atoms with Crippen LogP contribution in [0.1, 0.15) is 72.1 Å². The molecule has 0 bridgehead atoms. The van der Waals surface area contributed by atoms with Crippen molar-refractivity contribution < 1.29 is 4.79 Å². The Balaban J connectivity index is 1.48. The Morgan fingerprint density at radius 1 is 1.25 bits per heavy atom. The van der Waals surface area contributed by atoms with Crippen LogP contribution in [0, 0.1) is 5.41 Å². The van der Waals surface area contributed by atoms with Crippen molar-refractivity contribution in [1.82, 2.24) is 26.8 Å². The van der Waals surface area contributed by atoms with Crippen molar-refractivity contribution in [3.63, 3.8) is 0 Å². The summed E-state index contributed by atoms with van der Waals surface area (Å²) in [5, 5.41) is 9.40. The number of hydrazine groups is 1. The van der Waals surface area contributed by atoms with Gasteiger partial charge in [-0.05, 0) is 81.4 Å². The average Bonchev–Trinajstić information content (AvgIpc) is 3.12. The van der Waals surface area contributed by atoms with Gasteiger partial charge in [0, 0.05) is 24.8 Å². The number of hydrogen-bond donors (Lipinski definition) is 5. The third kappa shape index (κ3) is 5.77. The van der Waals surface area contributed by atoms with Gasteiger partial charge < -0.3 is 21.4 Å². The minimum atomic E-state index is -0.0434. The lowest BCUT2D eigenvalue weighted by molar-refractivity contribution is 0.198. The normalized spacial score (nSPS) is 24.9. The SMILES string of the molecule is CNC1=CC(CCC2=C(C)CCC(NC(=O)NC3CCC(C)(C)CC3)=C2)NN1. The van der Waals surface area contributed by atoms with E-state index < -0.39 is 0 Å². The first-order valence-electron chi connectivity index (χ1n) is 10.7. The molecule has 1 aliphatic heterocycles. The Labute approximate surface area is 169 Å². The Hall–Kier alpha value is -1.95. The molecule has 2 amide bonds. The van der Waals surface area contributed by atoms with Gasteiger partial charge in [-0.1, -0.05) is 19.4 Å². The molecule has 0 aromatic heterocycles. The van der Waals surface area contributed by atoms with Crippen LogP contribution < -0.4 is 26.8 Å². The summed E-state index contributed by atoms with van der Waals surface area (Å²) in [5.74, 6) is 1.03. The van der Waals surface area contributed by atoms with Crippen molar-refractivity contribution in [2.45, 2.75) is 84.2 Å². The van der Waals surface area contributed by atoms with E-state index in [0.29, 0.717) is 17.5 Å². The summed E-state index contributed by atoms with van der Waals surface area (Å²) in [5.41, 5.74) is 10.7. The Morgan fingerprint density at radius 2 is 2.00 bits per heavy atom. The van der Waals surface area contributed by atoms with Gasteiger partial charge in [0.15, 0.2) is 0 Å². The highest BCUT2D eigenvalue weighted by molar-refractivity contribution is 5.76. The average molecular weight is 388 g/mol. The molecule has 0 saturated heterocycles. The molecule has 1 unspecified atom stereocenters. The van der Waals surface area contributed by atoms with Gasteiger partial charge in [-0.25, -0.2) is 10.2 Å². The highest BCUT2D eigenvalue weighted by Gasteiger charge is 2.27. The zero-order valence-electron chi connectivity index (χ0n) is 17.9. The molecule has 0 spiro atoms. The number of carbonyl (C=O) groups is 1. The number of allylic oxidation sites excluding steroid dienone is 4. The maximum absolute atomic E-state index is 12.5. The molecule has 1 saturated carbocycles. The van der Waals surface area contributed by atoms with Crippen LogP contribution in [-0.4, -0.2) is 25.2 Å². The van der Waals surface area contributed by atoms with Crippen molar-refractivity contribution in [2.75, 3.05) is 7.05 Å². The van der Waals surface area contributed by atoms with Gasteiger partial charge in [0.25, 0.3) is 0 Å². The Morgan fingerprint density at radius 3 is 2.68 bits per heavy atom. The number of amides is 2. The standard InChI is InChI=1S/C22H37N5O/c1-15-5-7-18(13-16(15)6-8-19-14-20(23-4)27-26-19)25-21(28)24-17-9-11-22(2,3)12-10-17/h13-14,17,19,23,26-27H,5-12H2,1-4H3,(H2,24,25,28). The van der Waals surface area contributed by atoms with Crippen molar-refractivity contribution in [3.8, 4) is 0 Å². The smallest absolute Gasteiger partial charge is 0.319 e. The van der Waals surface area contributed by atoms with E-state index >= 15 is 0 Å². The Bertz CT molecular complexity index is 666. The number of hydrogen-bond acceptors (Lipinski definition) is 4. The third-order valence-corrected chi connectivity index (χ3v) is 6.37. The summed E-state index contributed by atoms with van der Waals surface area (Å²) in [6.07, 6.45) is 12.8. The van der Waals surface area contributed by atoms with Crippen LogP contribution in [0.4, 0.5) is 4.79 Å². The molecular weight excluding hydrogens is 350 g/mol. The topological polar surface area (TPSA) is 77.2 Å². The second kappa shape index (κ2) is 9.03. The third-order valence-electron chi connectivity index (χ3n) is 6.37. The quantitative estimate of drug-likeness (QED) is 0.483. The van der Waals surface area contributed by atoms with Crippen molar-refractivity contribution in [2.24, 2.45) is 5.41 Å². The molecule has 1 atom stereocenters. The van der Waals surface area contributed by atoms with E-state index in [1.165, 1.54) is 24.0 Å². The number of nitrogens with one attached hydrogen (secondary N) is 5. The van der Waals surface area contributed by atoms with Crippen LogP contribution in [0.5, 0.6) is 0 Å². The van der Waals surface area contributed by atoms with Crippen molar-refractivity contribution in [3.05, 3.63) is 34.8 Å². The van der Waals surface area contributed by atoms with Crippen LogP contribution in [-0.2, 0) is 0 Å². The minimum absolute atomic E-state index is 0.0434. The van der Waals surface area contributed by atoms with Gasteiger partial charge in [0.1, 0.15) is 5.82 Å². The summed E-state index contributed by atoms with van der Waals surface area (Å²) in [4.78, 5) is 12.5. The van der Waals surface area contributed by atoms with E-state index in [0.717, 1.165) is 50.0 Å². The fourth-order valence-corrected chi connectivity index (χ4v) is 4.25. The first-order chi connectivity index (χ1) is 13.3. The summed E-state index contributed by atoms with van der Waals surface area (Å²) in [6.45, 7) is 6.85. The van der Waals surface area contributed by atoms with Crippen LogP contribution in [0.2, 0.25) is 0 Å². The maximum Gasteiger partial charge on any atom is 0.319 e. The van der Waals surface area contributed by atoms with Gasteiger partial charge in [-0.2, -0.15) is 0 Å². The monoisotopic (exact) mass is 387 g/mol.